The maximum absolute atomic E-state index is 11.1. The third kappa shape index (κ3) is 2.12. The Morgan fingerprint density at radius 3 is 3.15 bits per heavy atom. The summed E-state index contributed by atoms with van der Waals surface area (Å²) in [4.78, 5) is 12.9. The van der Waals surface area contributed by atoms with Gasteiger partial charge in [0.05, 0.1) is 6.54 Å². The molecule has 0 saturated carbocycles. The average molecular weight is 184 g/mol. The van der Waals surface area contributed by atoms with Gasteiger partial charge in [-0.05, 0) is 25.8 Å². The number of rotatable bonds is 3. The molecule has 74 valence electrons. The van der Waals surface area contributed by atoms with Gasteiger partial charge >= 0.3 is 6.09 Å². The summed E-state index contributed by atoms with van der Waals surface area (Å²) in [6.07, 6.45) is 3.45. The number of carbonyl (C=O) groups excluding carboxylic acids is 1. The Hall–Kier alpha value is -0.770. The molecule has 1 unspecified atom stereocenters. The van der Waals surface area contributed by atoms with Crippen molar-refractivity contribution in [2.75, 3.05) is 26.2 Å². The summed E-state index contributed by atoms with van der Waals surface area (Å²) >= 11 is 0. The van der Waals surface area contributed by atoms with Gasteiger partial charge in [-0.25, -0.2) is 4.79 Å². The van der Waals surface area contributed by atoms with Crippen LogP contribution in [0.4, 0.5) is 4.79 Å². The second-order valence-corrected chi connectivity index (χ2v) is 3.68. The van der Waals surface area contributed by atoms with Gasteiger partial charge in [0.25, 0.3) is 0 Å². The standard InChI is InChI=1S/C9H16N2O2/c12-9-11(6-7-13-9)5-3-8-2-1-4-10-8/h8,10H,1-7H2. The first-order chi connectivity index (χ1) is 6.36. The second-order valence-electron chi connectivity index (χ2n) is 3.68. The van der Waals surface area contributed by atoms with Gasteiger partial charge in [-0.1, -0.05) is 0 Å². The molecule has 0 bridgehead atoms. The first-order valence-corrected chi connectivity index (χ1v) is 5.01. The maximum atomic E-state index is 11.1. The highest BCUT2D eigenvalue weighted by Gasteiger charge is 2.23. The molecule has 2 aliphatic rings. The van der Waals surface area contributed by atoms with Crippen LogP contribution in [0.3, 0.4) is 0 Å². The topological polar surface area (TPSA) is 41.6 Å². The molecule has 0 aromatic carbocycles. The molecule has 1 N–H and O–H groups in total. The molecule has 0 aromatic rings. The van der Waals surface area contributed by atoms with Crippen LogP contribution in [-0.4, -0.2) is 43.3 Å². The first kappa shape index (κ1) is 8.81. The van der Waals surface area contributed by atoms with Crippen LogP contribution in [0.2, 0.25) is 0 Å². The van der Waals surface area contributed by atoms with Gasteiger partial charge in [0.15, 0.2) is 0 Å². The lowest BCUT2D eigenvalue weighted by Gasteiger charge is -2.15. The quantitative estimate of drug-likeness (QED) is 0.697. The van der Waals surface area contributed by atoms with E-state index in [1.54, 1.807) is 4.90 Å². The highest BCUT2D eigenvalue weighted by molar-refractivity contribution is 5.69. The van der Waals surface area contributed by atoms with Crippen LogP contribution in [0, 0.1) is 0 Å². The van der Waals surface area contributed by atoms with E-state index in [1.807, 2.05) is 0 Å². The monoisotopic (exact) mass is 184 g/mol. The largest absolute Gasteiger partial charge is 0.448 e. The predicted molar refractivity (Wildman–Crippen MR) is 48.6 cm³/mol. The summed E-state index contributed by atoms with van der Waals surface area (Å²) in [5, 5.41) is 3.42. The Balaban J connectivity index is 1.69. The normalized spacial score (nSPS) is 28.2. The van der Waals surface area contributed by atoms with Crippen LogP contribution in [0.15, 0.2) is 0 Å². The highest BCUT2D eigenvalue weighted by Crippen LogP contribution is 2.11. The van der Waals surface area contributed by atoms with Crippen molar-refractivity contribution < 1.29 is 9.53 Å². The summed E-state index contributed by atoms with van der Waals surface area (Å²) in [5.41, 5.74) is 0. The minimum absolute atomic E-state index is 0.141. The highest BCUT2D eigenvalue weighted by atomic mass is 16.6. The van der Waals surface area contributed by atoms with E-state index in [1.165, 1.54) is 12.8 Å². The third-order valence-corrected chi connectivity index (χ3v) is 2.75. The van der Waals surface area contributed by atoms with Crippen LogP contribution in [-0.2, 0) is 4.74 Å². The van der Waals surface area contributed by atoms with Gasteiger partial charge in [-0.3, -0.25) is 0 Å². The van der Waals surface area contributed by atoms with Crippen LogP contribution in [0.25, 0.3) is 0 Å². The Labute approximate surface area is 78.2 Å². The zero-order valence-electron chi connectivity index (χ0n) is 7.79. The van der Waals surface area contributed by atoms with Crippen LogP contribution < -0.4 is 5.32 Å². The molecule has 1 amide bonds. The molecule has 2 saturated heterocycles. The molecular weight excluding hydrogens is 168 g/mol. The number of nitrogens with one attached hydrogen (secondary N) is 1. The van der Waals surface area contributed by atoms with Crippen molar-refractivity contribution in [3.63, 3.8) is 0 Å². The zero-order chi connectivity index (χ0) is 9.10. The molecule has 2 rings (SSSR count). The molecule has 0 radical (unpaired) electrons. The van der Waals surface area contributed by atoms with Gasteiger partial charge in [0, 0.05) is 12.6 Å². The first-order valence-electron chi connectivity index (χ1n) is 5.01. The van der Waals surface area contributed by atoms with Gasteiger partial charge in [0.1, 0.15) is 6.61 Å². The van der Waals surface area contributed by atoms with Crippen LogP contribution in [0.5, 0.6) is 0 Å². The van der Waals surface area contributed by atoms with E-state index < -0.39 is 0 Å². The molecule has 2 heterocycles. The number of carbonyl (C=O) groups is 1. The Bertz CT molecular complexity index is 190. The molecule has 4 nitrogen and oxygen atoms in total. The fourth-order valence-electron chi connectivity index (χ4n) is 1.94. The summed E-state index contributed by atoms with van der Waals surface area (Å²) < 4.78 is 4.85. The molecule has 0 aliphatic carbocycles. The summed E-state index contributed by atoms with van der Waals surface area (Å²) in [7, 11) is 0. The van der Waals surface area contributed by atoms with E-state index in [2.05, 4.69) is 5.32 Å². The second kappa shape index (κ2) is 3.96. The predicted octanol–water partition coefficient (Wildman–Crippen LogP) is 0.581. The van der Waals surface area contributed by atoms with Gasteiger partial charge in [-0.2, -0.15) is 0 Å². The molecule has 2 aliphatic heterocycles. The number of hydrogen-bond acceptors (Lipinski definition) is 3. The van der Waals surface area contributed by atoms with E-state index in [4.69, 9.17) is 4.74 Å². The molecule has 13 heavy (non-hydrogen) atoms. The SMILES string of the molecule is O=C1OCCN1CCC1CCCN1. The van der Waals surface area contributed by atoms with Crippen molar-refractivity contribution >= 4 is 6.09 Å². The summed E-state index contributed by atoms with van der Waals surface area (Å²) in [5.74, 6) is 0. The van der Waals surface area contributed by atoms with Crippen molar-refractivity contribution in [3.05, 3.63) is 0 Å². The average Bonchev–Trinajstić information content (AvgIpc) is 2.72. The molecule has 0 aromatic heterocycles. The fraction of sp³-hybridized carbons (Fsp3) is 0.889. The molecular formula is C9H16N2O2. The van der Waals surface area contributed by atoms with E-state index >= 15 is 0 Å². The van der Waals surface area contributed by atoms with Crippen LogP contribution >= 0.6 is 0 Å². The van der Waals surface area contributed by atoms with Gasteiger partial charge in [-0.15, -0.1) is 0 Å². The minimum atomic E-state index is -0.141. The molecule has 1 atom stereocenters. The smallest absolute Gasteiger partial charge is 0.409 e. The van der Waals surface area contributed by atoms with Crippen molar-refractivity contribution in [2.24, 2.45) is 0 Å². The lowest BCUT2D eigenvalue weighted by molar-refractivity contribution is 0.157. The van der Waals surface area contributed by atoms with Crippen LogP contribution in [0.1, 0.15) is 19.3 Å². The van der Waals surface area contributed by atoms with Crippen molar-refractivity contribution in [2.45, 2.75) is 25.3 Å². The molecule has 4 heteroatoms. The molecule has 2 fully saturated rings. The number of cyclic esters (lactones) is 1. The van der Waals surface area contributed by atoms with Crippen molar-refractivity contribution in [3.8, 4) is 0 Å². The number of nitrogens with zero attached hydrogens (tertiary/aromatic N) is 1. The Morgan fingerprint density at radius 1 is 1.62 bits per heavy atom. The fourth-order valence-corrected chi connectivity index (χ4v) is 1.94. The number of ether oxygens (including phenoxy) is 1. The maximum Gasteiger partial charge on any atom is 0.409 e. The lowest BCUT2D eigenvalue weighted by Crippen LogP contribution is -2.31. The van der Waals surface area contributed by atoms with Crippen molar-refractivity contribution in [1.82, 2.24) is 10.2 Å². The third-order valence-electron chi connectivity index (χ3n) is 2.75. The van der Waals surface area contributed by atoms with Gasteiger partial charge < -0.3 is 15.0 Å². The van der Waals surface area contributed by atoms with Gasteiger partial charge in [0.2, 0.25) is 0 Å². The summed E-state index contributed by atoms with van der Waals surface area (Å²) in [6, 6.07) is 0.619. The number of amides is 1. The van der Waals surface area contributed by atoms with E-state index in [0.29, 0.717) is 12.6 Å². The summed E-state index contributed by atoms with van der Waals surface area (Å²) in [6.45, 7) is 3.31. The van der Waals surface area contributed by atoms with E-state index in [-0.39, 0.29) is 6.09 Å². The lowest BCUT2D eigenvalue weighted by atomic mass is 10.1. The molecule has 0 spiro atoms. The Kier molecular flexibility index (Phi) is 2.68. The zero-order valence-corrected chi connectivity index (χ0v) is 7.79. The van der Waals surface area contributed by atoms with Crippen molar-refractivity contribution in [1.29, 1.82) is 0 Å². The van der Waals surface area contributed by atoms with E-state index in [0.717, 1.165) is 26.1 Å². The minimum Gasteiger partial charge on any atom is -0.448 e. The number of hydrogen-bond donors (Lipinski definition) is 1. The Morgan fingerprint density at radius 2 is 2.54 bits per heavy atom. The van der Waals surface area contributed by atoms with E-state index in [9.17, 15) is 4.79 Å².